The SMILES string of the molecule is CC.Cc1ccc(/C=C/C(=O)OC2CCC3(C)C(CCC4(C)C5CCC6(C)CCC(C)(C)CC6C5=CC[C@@H]43)C2C)cc1O. The molecule has 0 bridgehead atoms. The standard InChI is InChI=1S/C38H54O3.C2H6/c1-24-8-9-26(22-31(24)39)10-13-34(40)41-32-16-19-37(6)28(25(32)2)15-18-38(7)29-14-17-36(5)21-20-35(3,4)23-30(36)27(29)11-12-33(37)38;1-2/h8-11,13,22,25,28-30,32-33,39H,12,14-21,23H2,1-7H3;1-2H3/b13-10+;/t25?,28?,29?,30?,32?,33-,36?,37?,38?;/m1./s1. The largest absolute Gasteiger partial charge is 0.508 e. The fourth-order valence-electron chi connectivity index (χ4n) is 11.0. The molecule has 5 aliphatic carbocycles. The first-order chi connectivity index (χ1) is 20.3. The van der Waals surface area contributed by atoms with Gasteiger partial charge in [0.25, 0.3) is 0 Å². The molecule has 4 saturated carbocycles. The first-order valence-corrected chi connectivity index (χ1v) is 17.6. The van der Waals surface area contributed by atoms with Gasteiger partial charge in [0.2, 0.25) is 0 Å². The Morgan fingerprint density at radius 1 is 0.930 bits per heavy atom. The highest BCUT2D eigenvalue weighted by molar-refractivity contribution is 5.87. The molecule has 43 heavy (non-hydrogen) atoms. The summed E-state index contributed by atoms with van der Waals surface area (Å²) in [6, 6.07) is 5.48. The minimum Gasteiger partial charge on any atom is -0.508 e. The molecular weight excluding hydrogens is 528 g/mol. The summed E-state index contributed by atoms with van der Waals surface area (Å²) in [6.07, 6.45) is 18.9. The zero-order valence-corrected chi connectivity index (χ0v) is 28.8. The molecular formula is C40H60O3. The van der Waals surface area contributed by atoms with Crippen molar-refractivity contribution in [2.45, 2.75) is 133 Å². The average molecular weight is 589 g/mol. The molecule has 0 heterocycles. The van der Waals surface area contributed by atoms with E-state index in [9.17, 15) is 9.90 Å². The van der Waals surface area contributed by atoms with Gasteiger partial charge in [-0.15, -0.1) is 0 Å². The second-order valence-electron chi connectivity index (χ2n) is 16.6. The van der Waals surface area contributed by atoms with Crippen LogP contribution in [0.1, 0.15) is 131 Å². The number of benzene rings is 1. The number of phenols is 1. The number of ether oxygens (including phenoxy) is 1. The summed E-state index contributed by atoms with van der Waals surface area (Å²) in [5.74, 6) is 3.21. The Labute approximate surface area is 263 Å². The van der Waals surface area contributed by atoms with E-state index in [0.29, 0.717) is 33.5 Å². The molecule has 1 aromatic carbocycles. The molecule has 0 saturated heterocycles. The Morgan fingerprint density at radius 2 is 1.65 bits per heavy atom. The van der Waals surface area contributed by atoms with Gasteiger partial charge in [0.05, 0.1) is 0 Å². The lowest BCUT2D eigenvalue weighted by Gasteiger charge is -2.66. The first-order valence-electron chi connectivity index (χ1n) is 17.6. The summed E-state index contributed by atoms with van der Waals surface area (Å²) in [6.45, 7) is 21.1. The van der Waals surface area contributed by atoms with Gasteiger partial charge in [-0.05, 0) is 146 Å². The van der Waals surface area contributed by atoms with Gasteiger partial charge in [-0.25, -0.2) is 4.79 Å². The topological polar surface area (TPSA) is 46.5 Å². The van der Waals surface area contributed by atoms with Crippen molar-refractivity contribution in [2.75, 3.05) is 0 Å². The van der Waals surface area contributed by atoms with Crippen LogP contribution in [0.25, 0.3) is 6.08 Å². The van der Waals surface area contributed by atoms with Crippen LogP contribution in [0.5, 0.6) is 5.75 Å². The molecule has 1 N–H and O–H groups in total. The molecule has 1 aromatic rings. The maximum absolute atomic E-state index is 12.9. The van der Waals surface area contributed by atoms with Gasteiger partial charge < -0.3 is 9.84 Å². The highest BCUT2D eigenvalue weighted by atomic mass is 16.5. The average Bonchev–Trinajstić information content (AvgIpc) is 2.96. The van der Waals surface area contributed by atoms with Gasteiger partial charge in [-0.3, -0.25) is 0 Å². The van der Waals surface area contributed by atoms with Crippen LogP contribution in [0.3, 0.4) is 0 Å². The van der Waals surface area contributed by atoms with Crippen molar-refractivity contribution in [3.8, 4) is 5.75 Å². The molecule has 0 amide bonds. The van der Waals surface area contributed by atoms with Crippen LogP contribution < -0.4 is 0 Å². The molecule has 3 nitrogen and oxygen atoms in total. The number of aromatic hydroxyl groups is 1. The van der Waals surface area contributed by atoms with E-state index in [0.717, 1.165) is 41.7 Å². The number of carbonyl (C=O) groups excluding carboxylic acids is 1. The number of aryl methyl sites for hydroxylation is 1. The van der Waals surface area contributed by atoms with Crippen LogP contribution in [0.2, 0.25) is 0 Å². The molecule has 238 valence electrons. The first kappa shape index (κ1) is 32.4. The quantitative estimate of drug-likeness (QED) is 0.217. The number of fused-ring (bicyclic) bond motifs is 7. The second kappa shape index (κ2) is 11.7. The Bertz CT molecular complexity index is 1260. The molecule has 0 spiro atoms. The number of esters is 1. The summed E-state index contributed by atoms with van der Waals surface area (Å²) < 4.78 is 6.11. The highest BCUT2D eigenvalue weighted by Gasteiger charge is 2.62. The molecule has 3 heteroatoms. The van der Waals surface area contributed by atoms with Gasteiger partial charge in [0, 0.05) is 6.08 Å². The summed E-state index contributed by atoms with van der Waals surface area (Å²) in [4.78, 5) is 12.9. The van der Waals surface area contributed by atoms with Crippen LogP contribution in [0, 0.1) is 58.2 Å². The van der Waals surface area contributed by atoms with E-state index in [1.54, 1.807) is 12.1 Å². The van der Waals surface area contributed by atoms with Crippen molar-refractivity contribution < 1.29 is 14.6 Å². The van der Waals surface area contributed by atoms with Gasteiger partial charge in [0.1, 0.15) is 11.9 Å². The zero-order chi connectivity index (χ0) is 31.4. The van der Waals surface area contributed by atoms with Crippen LogP contribution in [0.4, 0.5) is 0 Å². The molecule has 9 atom stereocenters. The fourth-order valence-corrected chi connectivity index (χ4v) is 11.0. The number of hydrogen-bond acceptors (Lipinski definition) is 3. The minimum atomic E-state index is -0.267. The molecule has 0 aromatic heterocycles. The maximum Gasteiger partial charge on any atom is 0.331 e. The summed E-state index contributed by atoms with van der Waals surface area (Å²) >= 11 is 0. The third-order valence-electron chi connectivity index (χ3n) is 13.7. The number of carbonyl (C=O) groups is 1. The van der Waals surface area contributed by atoms with Crippen molar-refractivity contribution in [3.05, 3.63) is 47.1 Å². The monoisotopic (exact) mass is 588 g/mol. The lowest BCUT2D eigenvalue weighted by molar-refractivity contribution is -0.174. The van der Waals surface area contributed by atoms with Gasteiger partial charge in [-0.1, -0.05) is 79.2 Å². The van der Waals surface area contributed by atoms with Gasteiger partial charge in [-0.2, -0.15) is 0 Å². The molecule has 4 fully saturated rings. The Balaban J connectivity index is 0.00000180. The maximum atomic E-state index is 12.9. The van der Waals surface area contributed by atoms with E-state index in [2.05, 4.69) is 47.6 Å². The summed E-state index contributed by atoms with van der Waals surface area (Å²) in [7, 11) is 0. The van der Waals surface area contributed by atoms with E-state index in [4.69, 9.17) is 4.74 Å². The Kier molecular flexibility index (Phi) is 8.82. The number of hydrogen-bond donors (Lipinski definition) is 1. The van der Waals surface area contributed by atoms with Gasteiger partial charge in [0.15, 0.2) is 0 Å². The van der Waals surface area contributed by atoms with E-state index in [1.807, 2.05) is 38.5 Å². The van der Waals surface area contributed by atoms with Crippen LogP contribution in [0.15, 0.2) is 35.9 Å². The van der Waals surface area contributed by atoms with Crippen molar-refractivity contribution in [1.29, 1.82) is 0 Å². The highest BCUT2D eigenvalue weighted by Crippen LogP contribution is 2.70. The van der Waals surface area contributed by atoms with Crippen LogP contribution >= 0.6 is 0 Å². The molecule has 5 aliphatic rings. The summed E-state index contributed by atoms with van der Waals surface area (Å²) in [5, 5.41) is 9.99. The van der Waals surface area contributed by atoms with Crippen molar-refractivity contribution >= 4 is 12.0 Å². The predicted molar refractivity (Wildman–Crippen MR) is 179 cm³/mol. The third kappa shape index (κ3) is 5.65. The van der Waals surface area contributed by atoms with E-state index < -0.39 is 0 Å². The summed E-state index contributed by atoms with van der Waals surface area (Å²) in [5.41, 5.74) is 5.17. The Hall–Kier alpha value is -2.03. The van der Waals surface area contributed by atoms with Crippen molar-refractivity contribution in [3.63, 3.8) is 0 Å². The zero-order valence-electron chi connectivity index (χ0n) is 28.8. The smallest absolute Gasteiger partial charge is 0.331 e. The minimum absolute atomic E-state index is 0.0180. The molecule has 8 unspecified atom stereocenters. The van der Waals surface area contributed by atoms with Crippen molar-refractivity contribution in [1.82, 2.24) is 0 Å². The third-order valence-corrected chi connectivity index (χ3v) is 13.7. The fraction of sp³-hybridized carbons (Fsp3) is 0.725. The normalized spacial score (nSPS) is 41.4. The van der Waals surface area contributed by atoms with E-state index in [1.165, 1.54) is 57.4 Å². The van der Waals surface area contributed by atoms with E-state index in [-0.39, 0.29) is 17.8 Å². The molecule has 0 radical (unpaired) electrons. The van der Waals surface area contributed by atoms with E-state index >= 15 is 0 Å². The predicted octanol–water partition coefficient (Wildman–Crippen LogP) is 10.7. The van der Waals surface area contributed by atoms with Crippen molar-refractivity contribution in [2.24, 2.45) is 51.2 Å². The second-order valence-corrected chi connectivity index (χ2v) is 16.6. The lowest BCUT2D eigenvalue weighted by atomic mass is 9.38. The molecule has 0 aliphatic heterocycles. The Morgan fingerprint density at radius 3 is 2.37 bits per heavy atom. The molecule has 6 rings (SSSR count). The van der Waals surface area contributed by atoms with Gasteiger partial charge >= 0.3 is 5.97 Å². The number of phenolic OH excluding ortho intramolecular Hbond substituents is 1. The lowest BCUT2D eigenvalue weighted by Crippen LogP contribution is -2.59. The number of rotatable bonds is 3. The van der Waals surface area contributed by atoms with Crippen LogP contribution in [-0.2, 0) is 9.53 Å². The van der Waals surface area contributed by atoms with Crippen LogP contribution in [-0.4, -0.2) is 17.2 Å². The number of allylic oxidation sites excluding steroid dienone is 2.